The number of nitrogens with two attached hydrogens (primary N) is 1. The molecule has 2 aliphatic rings. The highest BCUT2D eigenvalue weighted by molar-refractivity contribution is 5.70. The third-order valence-electron chi connectivity index (χ3n) is 7.53. The summed E-state index contributed by atoms with van der Waals surface area (Å²) in [6, 6.07) is 19.4. The molecule has 38 heavy (non-hydrogen) atoms. The van der Waals surface area contributed by atoms with Gasteiger partial charge in [-0.25, -0.2) is 8.78 Å². The molecule has 2 aliphatic heterocycles. The number of rotatable bonds is 10. The number of para-hydroxylation sites is 1. The van der Waals surface area contributed by atoms with Crippen LogP contribution in [0.4, 0.5) is 14.5 Å². The van der Waals surface area contributed by atoms with Gasteiger partial charge in [0.1, 0.15) is 19.0 Å². The van der Waals surface area contributed by atoms with Crippen LogP contribution >= 0.6 is 0 Å². The number of benzene rings is 3. The van der Waals surface area contributed by atoms with E-state index in [-0.39, 0.29) is 6.61 Å². The highest BCUT2D eigenvalue weighted by atomic mass is 19.3. The van der Waals surface area contributed by atoms with Crippen molar-refractivity contribution in [2.45, 2.75) is 38.5 Å². The van der Waals surface area contributed by atoms with Gasteiger partial charge in [0.2, 0.25) is 0 Å². The van der Waals surface area contributed by atoms with E-state index in [0.717, 1.165) is 67.1 Å². The van der Waals surface area contributed by atoms with E-state index < -0.39 is 12.5 Å². The SMILES string of the molecule is NC(c1cccc(-c2cc(COc3ccccc3COC=O)cc(N3CCC4(CC3)COC4)c2)c1)C(F)F. The molecule has 8 heteroatoms. The number of hydrogen-bond donors (Lipinski definition) is 1. The Morgan fingerprint density at radius 2 is 1.76 bits per heavy atom. The van der Waals surface area contributed by atoms with Gasteiger partial charge in [0.05, 0.1) is 19.3 Å². The summed E-state index contributed by atoms with van der Waals surface area (Å²) in [7, 11) is 0. The Kier molecular flexibility index (Phi) is 7.90. The summed E-state index contributed by atoms with van der Waals surface area (Å²) in [6.45, 7) is 4.36. The molecule has 1 spiro atoms. The largest absolute Gasteiger partial charge is 0.488 e. The lowest BCUT2D eigenvalue weighted by Gasteiger charge is -2.48. The van der Waals surface area contributed by atoms with E-state index in [4.69, 9.17) is 19.9 Å². The predicted octanol–water partition coefficient (Wildman–Crippen LogP) is 5.49. The van der Waals surface area contributed by atoms with Gasteiger partial charge in [-0.05, 0) is 65.4 Å². The van der Waals surface area contributed by atoms with Crippen molar-refractivity contribution in [3.8, 4) is 16.9 Å². The van der Waals surface area contributed by atoms with E-state index >= 15 is 0 Å². The molecule has 1 unspecified atom stereocenters. The third kappa shape index (κ3) is 5.81. The number of carbonyl (C=O) groups is 1. The van der Waals surface area contributed by atoms with Crippen LogP contribution in [0.5, 0.6) is 5.75 Å². The molecule has 2 fully saturated rings. The van der Waals surface area contributed by atoms with Crippen LogP contribution in [0.3, 0.4) is 0 Å². The van der Waals surface area contributed by atoms with Crippen LogP contribution in [-0.2, 0) is 27.5 Å². The second-order valence-corrected chi connectivity index (χ2v) is 10.2. The minimum absolute atomic E-state index is 0.126. The molecule has 0 saturated carbocycles. The van der Waals surface area contributed by atoms with Crippen molar-refractivity contribution in [1.82, 2.24) is 0 Å². The van der Waals surface area contributed by atoms with E-state index in [9.17, 15) is 13.6 Å². The van der Waals surface area contributed by atoms with Crippen LogP contribution in [-0.4, -0.2) is 39.2 Å². The smallest absolute Gasteiger partial charge is 0.293 e. The van der Waals surface area contributed by atoms with Crippen molar-refractivity contribution in [3.63, 3.8) is 0 Å². The van der Waals surface area contributed by atoms with Crippen molar-refractivity contribution in [3.05, 3.63) is 83.4 Å². The molecular weight excluding hydrogens is 490 g/mol. The molecule has 0 bridgehead atoms. The minimum Gasteiger partial charge on any atom is -0.488 e. The Hall–Kier alpha value is -3.49. The first kappa shape index (κ1) is 26.1. The summed E-state index contributed by atoms with van der Waals surface area (Å²) in [4.78, 5) is 13.0. The second-order valence-electron chi connectivity index (χ2n) is 10.2. The van der Waals surface area contributed by atoms with Crippen molar-refractivity contribution in [1.29, 1.82) is 0 Å². The van der Waals surface area contributed by atoms with Crippen molar-refractivity contribution in [2.24, 2.45) is 11.1 Å². The highest BCUT2D eigenvalue weighted by Crippen LogP contribution is 2.40. The summed E-state index contributed by atoms with van der Waals surface area (Å²) in [5, 5.41) is 0. The number of carbonyl (C=O) groups excluding carboxylic acids is 1. The standard InChI is InChI=1S/C30H32F2N2O4/c31-29(32)28(33)23-6-3-5-22(14-23)25-12-21(16-38-27-7-2-1-4-24(27)17-36-20-35)13-26(15-25)34-10-8-30(9-11-34)18-37-19-30/h1-7,12-15,20,28-29H,8-11,16-19,33H2. The normalized spacial score (nSPS) is 17.2. The molecule has 3 aromatic carbocycles. The fraction of sp³-hybridized carbons (Fsp3) is 0.367. The summed E-state index contributed by atoms with van der Waals surface area (Å²) >= 11 is 0. The zero-order valence-electron chi connectivity index (χ0n) is 21.2. The summed E-state index contributed by atoms with van der Waals surface area (Å²) in [5.74, 6) is 0.635. The minimum atomic E-state index is -2.64. The molecule has 2 N–H and O–H groups in total. The number of alkyl halides is 2. The Labute approximate surface area is 221 Å². The van der Waals surface area contributed by atoms with Gasteiger partial charge in [0.15, 0.2) is 0 Å². The van der Waals surface area contributed by atoms with Crippen molar-refractivity contribution < 1.29 is 27.8 Å². The molecule has 0 radical (unpaired) electrons. The summed E-state index contributed by atoms with van der Waals surface area (Å²) in [5.41, 5.74) is 11.0. The molecule has 0 aromatic heterocycles. The van der Waals surface area contributed by atoms with Crippen LogP contribution < -0.4 is 15.4 Å². The lowest BCUT2D eigenvalue weighted by atomic mass is 9.76. The molecule has 0 aliphatic carbocycles. The molecule has 1 atom stereocenters. The van der Waals surface area contributed by atoms with Crippen LogP contribution in [0, 0.1) is 5.41 Å². The van der Waals surface area contributed by atoms with Crippen LogP contribution in [0.15, 0.2) is 66.7 Å². The van der Waals surface area contributed by atoms with E-state index in [2.05, 4.69) is 17.0 Å². The van der Waals surface area contributed by atoms with Crippen LogP contribution in [0.1, 0.15) is 35.6 Å². The first-order valence-corrected chi connectivity index (χ1v) is 12.8. The molecule has 0 amide bonds. The number of anilines is 1. The predicted molar refractivity (Wildman–Crippen MR) is 141 cm³/mol. The zero-order valence-corrected chi connectivity index (χ0v) is 21.2. The van der Waals surface area contributed by atoms with Gasteiger partial charge in [-0.15, -0.1) is 0 Å². The third-order valence-corrected chi connectivity index (χ3v) is 7.53. The molecule has 3 aromatic rings. The fourth-order valence-electron chi connectivity index (χ4n) is 5.15. The first-order chi connectivity index (χ1) is 18.5. The van der Waals surface area contributed by atoms with Gasteiger partial charge in [0, 0.05) is 29.8 Å². The quantitative estimate of drug-likeness (QED) is 0.355. The molecule has 5 rings (SSSR count). The Bertz CT molecular complexity index is 1250. The highest BCUT2D eigenvalue weighted by Gasteiger charge is 2.41. The number of halogens is 2. The summed E-state index contributed by atoms with van der Waals surface area (Å²) < 4.78 is 43.2. The van der Waals surface area contributed by atoms with Gasteiger partial charge >= 0.3 is 0 Å². The molecular formula is C30H32F2N2O4. The zero-order chi connectivity index (χ0) is 26.5. The van der Waals surface area contributed by atoms with Gasteiger partial charge in [0.25, 0.3) is 12.9 Å². The van der Waals surface area contributed by atoms with E-state index in [1.54, 1.807) is 18.2 Å². The van der Waals surface area contributed by atoms with Gasteiger partial charge in [-0.3, -0.25) is 4.79 Å². The molecule has 200 valence electrons. The number of ether oxygens (including phenoxy) is 3. The topological polar surface area (TPSA) is 74.0 Å². The molecule has 2 saturated heterocycles. The van der Waals surface area contributed by atoms with E-state index in [1.807, 2.05) is 36.4 Å². The van der Waals surface area contributed by atoms with Crippen molar-refractivity contribution in [2.75, 3.05) is 31.2 Å². The Balaban J connectivity index is 1.43. The average molecular weight is 523 g/mol. The van der Waals surface area contributed by atoms with Gasteiger partial charge < -0.3 is 24.8 Å². The fourth-order valence-corrected chi connectivity index (χ4v) is 5.15. The van der Waals surface area contributed by atoms with Crippen LogP contribution in [0.25, 0.3) is 11.1 Å². The van der Waals surface area contributed by atoms with Crippen LogP contribution in [0.2, 0.25) is 0 Å². The average Bonchev–Trinajstić information content (AvgIpc) is 2.94. The Morgan fingerprint density at radius 3 is 2.47 bits per heavy atom. The number of nitrogens with zero attached hydrogens (tertiary/aromatic N) is 1. The van der Waals surface area contributed by atoms with Gasteiger partial charge in [-0.2, -0.15) is 0 Å². The maximum absolute atomic E-state index is 13.3. The lowest BCUT2D eigenvalue weighted by Crippen LogP contribution is -2.50. The molecule has 6 nitrogen and oxygen atoms in total. The molecule has 2 heterocycles. The lowest BCUT2D eigenvalue weighted by molar-refractivity contribution is -0.129. The summed E-state index contributed by atoms with van der Waals surface area (Å²) in [6.07, 6.45) is -0.488. The van der Waals surface area contributed by atoms with E-state index in [0.29, 0.717) is 29.8 Å². The van der Waals surface area contributed by atoms with Crippen molar-refractivity contribution >= 4 is 12.2 Å². The first-order valence-electron chi connectivity index (χ1n) is 12.8. The maximum Gasteiger partial charge on any atom is 0.293 e. The monoisotopic (exact) mass is 522 g/mol. The second kappa shape index (κ2) is 11.5. The number of piperidine rings is 1. The van der Waals surface area contributed by atoms with Gasteiger partial charge in [-0.1, -0.05) is 36.4 Å². The maximum atomic E-state index is 13.3. The Morgan fingerprint density at radius 1 is 0.974 bits per heavy atom. The van der Waals surface area contributed by atoms with E-state index in [1.165, 1.54) is 0 Å². The number of hydrogen-bond acceptors (Lipinski definition) is 6.